The van der Waals surface area contributed by atoms with Crippen LogP contribution in [0.2, 0.25) is 0 Å². The molecule has 3 aromatic rings. The topological polar surface area (TPSA) is 93.8 Å². The van der Waals surface area contributed by atoms with Gasteiger partial charge in [-0.2, -0.15) is 0 Å². The number of halogens is 1. The summed E-state index contributed by atoms with van der Waals surface area (Å²) in [6, 6.07) is 9.58. The van der Waals surface area contributed by atoms with Gasteiger partial charge >= 0.3 is 0 Å². The number of amides is 1. The average Bonchev–Trinajstić information content (AvgIpc) is 2.62. The van der Waals surface area contributed by atoms with Crippen LogP contribution in [0.1, 0.15) is 11.3 Å². The molecule has 1 amide bonds. The molecule has 0 fully saturated rings. The number of hydrogen-bond donors (Lipinski definition) is 2. The van der Waals surface area contributed by atoms with Crippen LogP contribution < -0.4 is 11.1 Å². The van der Waals surface area contributed by atoms with E-state index in [2.05, 4.69) is 20.3 Å². The van der Waals surface area contributed by atoms with E-state index >= 15 is 0 Å². The van der Waals surface area contributed by atoms with Crippen molar-refractivity contribution in [1.29, 1.82) is 0 Å². The maximum absolute atomic E-state index is 13.2. The van der Waals surface area contributed by atoms with E-state index in [-0.39, 0.29) is 18.1 Å². The lowest BCUT2D eigenvalue weighted by molar-refractivity contribution is -0.115. The zero-order chi connectivity index (χ0) is 17.6. The lowest BCUT2D eigenvalue weighted by Crippen LogP contribution is -2.15. The van der Waals surface area contributed by atoms with Crippen LogP contribution in [0.5, 0.6) is 0 Å². The van der Waals surface area contributed by atoms with Gasteiger partial charge in [0.05, 0.1) is 30.2 Å². The number of rotatable bonds is 5. The Morgan fingerprint density at radius 2 is 1.92 bits per heavy atom. The second-order valence-corrected chi connectivity index (χ2v) is 5.39. The van der Waals surface area contributed by atoms with E-state index in [1.165, 1.54) is 24.5 Å². The van der Waals surface area contributed by atoms with Crippen molar-refractivity contribution >= 4 is 11.6 Å². The summed E-state index contributed by atoms with van der Waals surface area (Å²) in [5, 5.41) is 2.73. The SMILES string of the molecule is NCc1cc(CC(=O)Nc2cnc(-c3cccc(F)c3)nc2)ccn1. The molecular weight excluding hydrogens is 321 g/mol. The second-order valence-electron chi connectivity index (χ2n) is 5.39. The standard InChI is InChI=1S/C18H16FN5O/c19-14-3-1-2-13(8-14)18-22-10-16(11-23-18)24-17(25)7-12-4-5-21-15(6-12)9-20/h1-6,8,10-11H,7,9,20H2,(H,24,25). The molecular formula is C18H16FN5O. The van der Waals surface area contributed by atoms with Crippen LogP contribution in [-0.4, -0.2) is 20.9 Å². The molecule has 0 spiro atoms. The van der Waals surface area contributed by atoms with Crippen LogP contribution in [0.3, 0.4) is 0 Å². The van der Waals surface area contributed by atoms with E-state index < -0.39 is 0 Å². The van der Waals surface area contributed by atoms with Crippen molar-refractivity contribution in [1.82, 2.24) is 15.0 Å². The van der Waals surface area contributed by atoms with Crippen molar-refractivity contribution in [3.63, 3.8) is 0 Å². The molecule has 0 aliphatic heterocycles. The van der Waals surface area contributed by atoms with E-state index in [1.807, 2.05) is 0 Å². The zero-order valence-electron chi connectivity index (χ0n) is 13.3. The molecule has 3 rings (SSSR count). The highest BCUT2D eigenvalue weighted by molar-refractivity contribution is 5.92. The van der Waals surface area contributed by atoms with Crippen LogP contribution >= 0.6 is 0 Å². The van der Waals surface area contributed by atoms with Crippen LogP contribution in [0.25, 0.3) is 11.4 Å². The fraction of sp³-hybridized carbons (Fsp3) is 0.111. The summed E-state index contributed by atoms with van der Waals surface area (Å²) >= 11 is 0. The minimum atomic E-state index is -0.354. The molecule has 0 bridgehead atoms. The van der Waals surface area contributed by atoms with Crippen LogP contribution in [0.4, 0.5) is 10.1 Å². The number of carbonyl (C=O) groups is 1. The average molecular weight is 337 g/mol. The van der Waals surface area contributed by atoms with Gasteiger partial charge in [-0.1, -0.05) is 12.1 Å². The summed E-state index contributed by atoms with van der Waals surface area (Å²) in [6.45, 7) is 0.324. The number of carbonyl (C=O) groups excluding carboxylic acids is 1. The Labute approximate surface area is 144 Å². The molecule has 6 nitrogen and oxygen atoms in total. The first kappa shape index (κ1) is 16.7. The number of aromatic nitrogens is 3. The predicted octanol–water partition coefficient (Wildman–Crippen LogP) is 2.32. The van der Waals surface area contributed by atoms with Gasteiger partial charge in [0.1, 0.15) is 5.82 Å². The molecule has 1 aromatic carbocycles. The zero-order valence-corrected chi connectivity index (χ0v) is 13.3. The summed E-state index contributed by atoms with van der Waals surface area (Å²) in [5.74, 6) is -0.164. The van der Waals surface area contributed by atoms with Crippen LogP contribution in [-0.2, 0) is 17.8 Å². The molecule has 2 aromatic heterocycles. The van der Waals surface area contributed by atoms with Crippen molar-refractivity contribution < 1.29 is 9.18 Å². The van der Waals surface area contributed by atoms with Crippen LogP contribution in [0.15, 0.2) is 55.0 Å². The van der Waals surface area contributed by atoms with Gasteiger partial charge in [0, 0.05) is 18.3 Å². The molecule has 0 saturated heterocycles. The number of hydrogen-bond acceptors (Lipinski definition) is 5. The van der Waals surface area contributed by atoms with Gasteiger partial charge in [-0.05, 0) is 29.8 Å². The monoisotopic (exact) mass is 337 g/mol. The Balaban J connectivity index is 1.65. The minimum Gasteiger partial charge on any atom is -0.325 e. The molecule has 3 N–H and O–H groups in total. The van der Waals surface area contributed by atoms with Crippen LogP contribution in [0, 0.1) is 5.82 Å². The third-order valence-electron chi connectivity index (χ3n) is 3.47. The Morgan fingerprint density at radius 1 is 1.12 bits per heavy atom. The highest BCUT2D eigenvalue weighted by Gasteiger charge is 2.07. The van der Waals surface area contributed by atoms with Gasteiger partial charge < -0.3 is 11.1 Å². The third-order valence-corrected chi connectivity index (χ3v) is 3.47. The highest BCUT2D eigenvalue weighted by atomic mass is 19.1. The van der Waals surface area contributed by atoms with Crippen molar-refractivity contribution in [3.05, 3.63) is 72.1 Å². The molecule has 0 radical (unpaired) electrons. The van der Waals surface area contributed by atoms with Crippen molar-refractivity contribution in [2.24, 2.45) is 5.73 Å². The second kappa shape index (κ2) is 7.59. The highest BCUT2D eigenvalue weighted by Crippen LogP contribution is 2.16. The number of anilines is 1. The van der Waals surface area contributed by atoms with E-state index in [4.69, 9.17) is 5.73 Å². The number of benzene rings is 1. The van der Waals surface area contributed by atoms with Crippen molar-refractivity contribution in [2.45, 2.75) is 13.0 Å². The van der Waals surface area contributed by atoms with Gasteiger partial charge in [-0.15, -0.1) is 0 Å². The molecule has 7 heteroatoms. The lowest BCUT2D eigenvalue weighted by atomic mass is 10.1. The quantitative estimate of drug-likeness (QED) is 0.745. The molecule has 2 heterocycles. The number of pyridine rings is 1. The third kappa shape index (κ3) is 4.42. The first-order valence-electron chi connectivity index (χ1n) is 7.66. The van der Waals surface area contributed by atoms with E-state index in [0.29, 0.717) is 23.6 Å². The molecule has 25 heavy (non-hydrogen) atoms. The Morgan fingerprint density at radius 3 is 2.64 bits per heavy atom. The minimum absolute atomic E-state index is 0.196. The Kier molecular flexibility index (Phi) is 5.06. The van der Waals surface area contributed by atoms with Crippen molar-refractivity contribution in [3.8, 4) is 11.4 Å². The largest absolute Gasteiger partial charge is 0.325 e. The van der Waals surface area contributed by atoms with Crippen molar-refractivity contribution in [2.75, 3.05) is 5.32 Å². The number of nitrogens with two attached hydrogens (primary N) is 1. The summed E-state index contributed by atoms with van der Waals surface area (Å²) in [5.41, 5.74) is 8.14. The molecule has 0 aliphatic rings. The van der Waals surface area contributed by atoms with Gasteiger partial charge in [0.25, 0.3) is 0 Å². The normalized spacial score (nSPS) is 10.5. The van der Waals surface area contributed by atoms with E-state index in [0.717, 1.165) is 11.3 Å². The van der Waals surface area contributed by atoms with Gasteiger partial charge in [-0.25, -0.2) is 14.4 Å². The predicted molar refractivity (Wildman–Crippen MR) is 91.9 cm³/mol. The van der Waals surface area contributed by atoms with Gasteiger partial charge in [0.15, 0.2) is 5.82 Å². The summed E-state index contributed by atoms with van der Waals surface area (Å²) in [6.07, 6.45) is 4.80. The molecule has 0 aliphatic carbocycles. The number of nitrogens with zero attached hydrogens (tertiary/aromatic N) is 3. The lowest BCUT2D eigenvalue weighted by Gasteiger charge is -2.06. The summed E-state index contributed by atoms with van der Waals surface area (Å²) in [7, 11) is 0. The summed E-state index contributed by atoms with van der Waals surface area (Å²) in [4.78, 5) is 24.5. The number of nitrogens with one attached hydrogen (secondary N) is 1. The fourth-order valence-corrected chi connectivity index (χ4v) is 2.31. The molecule has 0 unspecified atom stereocenters. The van der Waals surface area contributed by atoms with Gasteiger partial charge in [0.2, 0.25) is 5.91 Å². The maximum atomic E-state index is 13.2. The van der Waals surface area contributed by atoms with E-state index in [1.54, 1.807) is 30.5 Å². The molecule has 0 atom stereocenters. The smallest absolute Gasteiger partial charge is 0.228 e. The first-order valence-corrected chi connectivity index (χ1v) is 7.66. The maximum Gasteiger partial charge on any atom is 0.228 e. The van der Waals surface area contributed by atoms with E-state index in [9.17, 15) is 9.18 Å². The van der Waals surface area contributed by atoms with Gasteiger partial charge in [-0.3, -0.25) is 9.78 Å². The Bertz CT molecular complexity index is 883. The molecule has 126 valence electrons. The molecule has 0 saturated carbocycles. The Hall–Kier alpha value is -3.19. The fourth-order valence-electron chi connectivity index (χ4n) is 2.31. The first-order chi connectivity index (χ1) is 12.1. The summed E-state index contributed by atoms with van der Waals surface area (Å²) < 4.78 is 13.2.